The Kier molecular flexibility index (Phi) is 3.67. The molecule has 0 amide bonds. The van der Waals surface area contributed by atoms with Crippen molar-refractivity contribution in [3.8, 4) is 6.07 Å². The topological polar surface area (TPSA) is 73.5 Å². The first-order chi connectivity index (χ1) is 9.05. The van der Waals surface area contributed by atoms with Crippen molar-refractivity contribution in [3.05, 3.63) is 47.7 Å². The van der Waals surface area contributed by atoms with Crippen molar-refractivity contribution in [2.24, 2.45) is 4.99 Å². The van der Waals surface area contributed by atoms with Crippen LogP contribution in [-0.4, -0.2) is 25.6 Å². The summed E-state index contributed by atoms with van der Waals surface area (Å²) < 4.78 is 26.0. The van der Waals surface area contributed by atoms with Gasteiger partial charge in [-0.1, -0.05) is 12.1 Å². The molecule has 1 aromatic carbocycles. The molecule has 0 spiro atoms. The Morgan fingerprint density at radius 3 is 2.58 bits per heavy atom. The van der Waals surface area contributed by atoms with Crippen LogP contribution in [0.1, 0.15) is 23.3 Å². The van der Waals surface area contributed by atoms with E-state index in [1.807, 2.05) is 6.07 Å². The molecular weight excluding hydrogens is 262 g/mol. The van der Waals surface area contributed by atoms with Gasteiger partial charge in [0.15, 0.2) is 0 Å². The van der Waals surface area contributed by atoms with Gasteiger partial charge in [0, 0.05) is 12.4 Å². The Morgan fingerprint density at radius 1 is 1.37 bits per heavy atom. The third kappa shape index (κ3) is 2.66. The molecule has 6 heteroatoms. The molecule has 0 radical (unpaired) electrons. The summed E-state index contributed by atoms with van der Waals surface area (Å²) in [4.78, 5) is 3.92. The molecule has 1 heterocycles. The number of nitriles is 1. The van der Waals surface area contributed by atoms with Crippen LogP contribution < -0.4 is 0 Å². The Hall–Kier alpha value is -2.13. The molecular formula is C13H13N3O2S. The van der Waals surface area contributed by atoms with E-state index in [2.05, 4.69) is 4.99 Å². The van der Waals surface area contributed by atoms with Crippen molar-refractivity contribution >= 4 is 16.2 Å². The van der Waals surface area contributed by atoms with E-state index in [0.29, 0.717) is 11.1 Å². The molecule has 1 atom stereocenters. The number of hydrogen-bond acceptors (Lipinski definition) is 4. The molecule has 19 heavy (non-hydrogen) atoms. The minimum Gasteiger partial charge on any atom is -0.271 e. The number of hydrogen-bond donors (Lipinski definition) is 0. The third-order valence-electron chi connectivity index (χ3n) is 2.95. The van der Waals surface area contributed by atoms with Gasteiger partial charge in [-0.05, 0) is 30.7 Å². The molecule has 0 saturated carbocycles. The first-order valence-corrected chi connectivity index (χ1v) is 7.23. The summed E-state index contributed by atoms with van der Waals surface area (Å²) >= 11 is 0. The molecule has 1 aromatic rings. The molecule has 1 unspecified atom stereocenters. The van der Waals surface area contributed by atoms with Crippen LogP contribution in [0.3, 0.4) is 0 Å². The molecule has 1 aliphatic heterocycles. The Morgan fingerprint density at radius 2 is 2.05 bits per heavy atom. The molecule has 0 aliphatic carbocycles. The summed E-state index contributed by atoms with van der Waals surface area (Å²) in [6, 6.07) is 8.57. The van der Waals surface area contributed by atoms with Crippen LogP contribution in [0.5, 0.6) is 0 Å². The average Bonchev–Trinajstić information content (AvgIpc) is 2.47. The van der Waals surface area contributed by atoms with Crippen LogP contribution in [0.25, 0.3) is 0 Å². The van der Waals surface area contributed by atoms with Crippen molar-refractivity contribution in [1.29, 1.82) is 5.26 Å². The smallest absolute Gasteiger partial charge is 0.243 e. The Bertz CT molecular complexity index is 654. The number of nitrogens with zero attached hydrogens (tertiary/aromatic N) is 3. The molecule has 0 fully saturated rings. The highest BCUT2D eigenvalue weighted by Gasteiger charge is 2.28. The van der Waals surface area contributed by atoms with Crippen LogP contribution >= 0.6 is 0 Å². The fourth-order valence-electron chi connectivity index (χ4n) is 1.74. The quantitative estimate of drug-likeness (QED) is 0.844. The number of sulfonamides is 1. The van der Waals surface area contributed by atoms with E-state index in [4.69, 9.17) is 5.26 Å². The van der Waals surface area contributed by atoms with Crippen molar-refractivity contribution in [2.75, 3.05) is 6.67 Å². The van der Waals surface area contributed by atoms with Gasteiger partial charge < -0.3 is 0 Å². The van der Waals surface area contributed by atoms with Crippen molar-refractivity contribution in [3.63, 3.8) is 0 Å². The number of allylic oxidation sites excluding steroid dienone is 1. The maximum atomic E-state index is 12.4. The summed E-state index contributed by atoms with van der Waals surface area (Å²) in [7, 11) is -3.48. The average molecular weight is 275 g/mol. The van der Waals surface area contributed by atoms with E-state index in [1.165, 1.54) is 10.5 Å². The Labute approximate surface area is 112 Å². The zero-order chi connectivity index (χ0) is 13.9. The second-order valence-corrected chi connectivity index (χ2v) is 6.33. The van der Waals surface area contributed by atoms with Gasteiger partial charge in [0.05, 0.1) is 11.6 Å². The van der Waals surface area contributed by atoms with Crippen molar-refractivity contribution < 1.29 is 8.42 Å². The lowest BCUT2D eigenvalue weighted by Gasteiger charge is -2.24. The van der Waals surface area contributed by atoms with Crippen molar-refractivity contribution in [1.82, 2.24) is 4.31 Å². The van der Waals surface area contributed by atoms with Gasteiger partial charge in [0.25, 0.3) is 0 Å². The van der Waals surface area contributed by atoms with E-state index in [0.717, 1.165) is 0 Å². The summed E-state index contributed by atoms with van der Waals surface area (Å²) in [5, 5.41) is 8.05. The standard InChI is InChI=1S/C13H13N3O2S/c1-11(13-5-3-12(9-14)4-6-13)19(17,18)16-8-2-7-15-10-16/h2-8,11H,10H2,1H3. The van der Waals surface area contributed by atoms with Gasteiger partial charge in [0.2, 0.25) is 10.0 Å². The minimum atomic E-state index is -3.48. The molecule has 1 aliphatic rings. The van der Waals surface area contributed by atoms with Crippen LogP contribution in [-0.2, 0) is 10.0 Å². The number of benzene rings is 1. The van der Waals surface area contributed by atoms with Crippen LogP contribution in [0.4, 0.5) is 0 Å². The molecule has 0 N–H and O–H groups in total. The first kappa shape index (κ1) is 13.3. The molecule has 98 valence electrons. The highest BCUT2D eigenvalue weighted by molar-refractivity contribution is 7.89. The van der Waals surface area contributed by atoms with E-state index in [1.54, 1.807) is 43.5 Å². The van der Waals surface area contributed by atoms with E-state index >= 15 is 0 Å². The molecule has 0 saturated heterocycles. The SMILES string of the molecule is CC(c1ccc(C#N)cc1)S(=O)(=O)N1C=CC=NC1. The zero-order valence-electron chi connectivity index (χ0n) is 10.4. The summed E-state index contributed by atoms with van der Waals surface area (Å²) in [6.45, 7) is 1.74. The maximum Gasteiger partial charge on any atom is 0.243 e. The van der Waals surface area contributed by atoms with Crippen LogP contribution in [0.15, 0.2) is 41.5 Å². The van der Waals surface area contributed by atoms with Gasteiger partial charge in [-0.25, -0.2) is 8.42 Å². The fourth-order valence-corrected chi connectivity index (χ4v) is 3.11. The lowest BCUT2D eigenvalue weighted by atomic mass is 10.1. The number of aliphatic imine (C=N–C) groups is 1. The Balaban J connectivity index is 2.27. The predicted octanol–water partition coefficient (Wildman–Crippen LogP) is 1.81. The highest BCUT2D eigenvalue weighted by atomic mass is 32.2. The first-order valence-electron chi connectivity index (χ1n) is 5.73. The maximum absolute atomic E-state index is 12.4. The molecule has 2 rings (SSSR count). The zero-order valence-corrected chi connectivity index (χ0v) is 11.2. The number of rotatable bonds is 3. The van der Waals surface area contributed by atoms with Gasteiger partial charge in [0.1, 0.15) is 11.9 Å². The van der Waals surface area contributed by atoms with Gasteiger partial charge >= 0.3 is 0 Å². The van der Waals surface area contributed by atoms with Gasteiger partial charge in [-0.2, -0.15) is 5.26 Å². The summed E-state index contributed by atoms with van der Waals surface area (Å²) in [6.07, 6.45) is 4.66. The summed E-state index contributed by atoms with van der Waals surface area (Å²) in [5.41, 5.74) is 1.16. The molecule has 0 bridgehead atoms. The lowest BCUT2D eigenvalue weighted by Crippen LogP contribution is -2.31. The molecule has 0 aromatic heterocycles. The normalized spacial score (nSPS) is 16.1. The van der Waals surface area contributed by atoms with E-state index < -0.39 is 15.3 Å². The fraction of sp³-hybridized carbons (Fsp3) is 0.231. The second-order valence-electron chi connectivity index (χ2n) is 4.12. The van der Waals surface area contributed by atoms with Gasteiger partial charge in [-0.15, -0.1) is 0 Å². The van der Waals surface area contributed by atoms with E-state index in [-0.39, 0.29) is 6.67 Å². The monoisotopic (exact) mass is 275 g/mol. The predicted molar refractivity (Wildman–Crippen MR) is 72.8 cm³/mol. The lowest BCUT2D eigenvalue weighted by molar-refractivity contribution is 0.495. The van der Waals surface area contributed by atoms with Gasteiger partial charge in [-0.3, -0.25) is 9.30 Å². The second kappa shape index (κ2) is 5.24. The van der Waals surface area contributed by atoms with Crippen LogP contribution in [0, 0.1) is 11.3 Å². The van der Waals surface area contributed by atoms with E-state index in [9.17, 15) is 8.42 Å². The highest BCUT2D eigenvalue weighted by Crippen LogP contribution is 2.26. The van der Waals surface area contributed by atoms with Crippen LogP contribution in [0.2, 0.25) is 0 Å². The molecule has 5 nitrogen and oxygen atoms in total. The summed E-state index contributed by atoms with van der Waals surface area (Å²) in [5.74, 6) is 0. The van der Waals surface area contributed by atoms with Crippen molar-refractivity contribution in [2.45, 2.75) is 12.2 Å². The largest absolute Gasteiger partial charge is 0.271 e. The third-order valence-corrected chi connectivity index (χ3v) is 5.00. The minimum absolute atomic E-state index is 0.111.